The van der Waals surface area contributed by atoms with Crippen molar-refractivity contribution in [1.82, 2.24) is 10.2 Å². The number of fused-ring (bicyclic) bond motifs is 1. The van der Waals surface area contributed by atoms with E-state index in [1.165, 1.54) is 17.3 Å². The summed E-state index contributed by atoms with van der Waals surface area (Å²) in [6.45, 7) is 4.32. The lowest BCUT2D eigenvalue weighted by Gasteiger charge is -2.07. The number of ether oxygens (including phenoxy) is 2. The topological polar surface area (TPSA) is 73.3 Å². The fourth-order valence-electron chi connectivity index (χ4n) is 2.86. The Bertz CT molecular complexity index is 1020. The third kappa shape index (κ3) is 4.09. The van der Waals surface area contributed by atoms with Gasteiger partial charge in [0.05, 0.1) is 11.4 Å². The number of nitrogens with one attached hydrogen (secondary N) is 1. The van der Waals surface area contributed by atoms with Gasteiger partial charge in [0.15, 0.2) is 11.5 Å². The van der Waals surface area contributed by atoms with Crippen molar-refractivity contribution < 1.29 is 14.3 Å². The van der Waals surface area contributed by atoms with Crippen LogP contribution >= 0.6 is 11.8 Å². The molecule has 0 saturated carbocycles. The second-order valence-electron chi connectivity index (χ2n) is 6.48. The lowest BCUT2D eigenvalue weighted by molar-refractivity contribution is -0.113. The van der Waals surface area contributed by atoms with Gasteiger partial charge in [-0.05, 0) is 49.7 Å². The molecule has 4 rings (SSSR count). The van der Waals surface area contributed by atoms with E-state index >= 15 is 0 Å². The van der Waals surface area contributed by atoms with Gasteiger partial charge in [0, 0.05) is 17.3 Å². The van der Waals surface area contributed by atoms with Gasteiger partial charge in [-0.1, -0.05) is 29.5 Å². The van der Waals surface area contributed by atoms with E-state index in [9.17, 15) is 4.79 Å². The van der Waals surface area contributed by atoms with Crippen LogP contribution in [0.1, 0.15) is 11.1 Å². The highest BCUT2D eigenvalue weighted by molar-refractivity contribution is 7.99. The summed E-state index contributed by atoms with van der Waals surface area (Å²) in [5, 5.41) is 12.1. The maximum absolute atomic E-state index is 12.2. The van der Waals surface area contributed by atoms with Gasteiger partial charge in [0.25, 0.3) is 0 Å². The molecular formula is C21H19N3O3S. The molecule has 1 N–H and O–H groups in total. The summed E-state index contributed by atoms with van der Waals surface area (Å²) in [4.78, 5) is 12.2. The van der Waals surface area contributed by atoms with Crippen molar-refractivity contribution in [2.24, 2.45) is 0 Å². The Morgan fingerprint density at radius 2 is 1.89 bits per heavy atom. The Morgan fingerprint density at radius 3 is 2.71 bits per heavy atom. The number of carbonyl (C=O) groups is 1. The molecule has 2 aromatic carbocycles. The molecule has 1 aromatic heterocycles. The summed E-state index contributed by atoms with van der Waals surface area (Å²) < 4.78 is 10.6. The molecule has 0 spiro atoms. The summed E-state index contributed by atoms with van der Waals surface area (Å²) in [6.07, 6.45) is 0. The Hall–Kier alpha value is -3.06. The average Bonchev–Trinajstić information content (AvgIpc) is 3.16. The van der Waals surface area contributed by atoms with Crippen LogP contribution < -0.4 is 14.8 Å². The normalized spacial score (nSPS) is 12.1. The highest BCUT2D eigenvalue weighted by Gasteiger charge is 2.14. The predicted molar refractivity (Wildman–Crippen MR) is 109 cm³/mol. The van der Waals surface area contributed by atoms with E-state index in [0.717, 1.165) is 16.8 Å². The maximum atomic E-state index is 12.2. The number of thioether (sulfide) groups is 1. The fraction of sp³-hybridized carbons (Fsp3) is 0.190. The quantitative estimate of drug-likeness (QED) is 0.654. The summed E-state index contributed by atoms with van der Waals surface area (Å²) >= 11 is 1.34. The molecule has 3 aromatic rings. The second kappa shape index (κ2) is 7.90. The first kappa shape index (κ1) is 18.3. The smallest absolute Gasteiger partial charge is 0.234 e. The van der Waals surface area contributed by atoms with Crippen LogP contribution in [0.4, 0.5) is 5.69 Å². The zero-order valence-corrected chi connectivity index (χ0v) is 16.4. The second-order valence-corrected chi connectivity index (χ2v) is 7.48. The highest BCUT2D eigenvalue weighted by atomic mass is 32.2. The van der Waals surface area contributed by atoms with E-state index in [1.54, 1.807) is 18.2 Å². The summed E-state index contributed by atoms with van der Waals surface area (Å²) in [5.41, 5.74) is 4.91. The minimum Gasteiger partial charge on any atom is -0.454 e. The average molecular weight is 393 g/mol. The zero-order valence-electron chi connectivity index (χ0n) is 15.6. The standard InChI is InChI=1S/C21H19N3O3S/c1-13-3-4-14(2)16(9-13)17-6-8-21(24-23-17)28-11-20(25)22-15-5-7-18-19(10-15)27-12-26-18/h3-10H,11-12H2,1-2H3,(H,22,25). The Balaban J connectivity index is 1.36. The van der Waals surface area contributed by atoms with Crippen LogP contribution in [0.15, 0.2) is 53.6 Å². The van der Waals surface area contributed by atoms with E-state index in [4.69, 9.17) is 9.47 Å². The van der Waals surface area contributed by atoms with Crippen LogP contribution in [0.5, 0.6) is 11.5 Å². The molecule has 6 nitrogen and oxygen atoms in total. The monoisotopic (exact) mass is 393 g/mol. The first-order valence-corrected chi connectivity index (χ1v) is 9.81. The molecule has 1 aliphatic heterocycles. The van der Waals surface area contributed by atoms with E-state index in [0.29, 0.717) is 22.2 Å². The van der Waals surface area contributed by atoms with E-state index in [1.807, 2.05) is 12.1 Å². The number of amides is 1. The van der Waals surface area contributed by atoms with Crippen molar-refractivity contribution in [3.63, 3.8) is 0 Å². The number of rotatable bonds is 5. The van der Waals surface area contributed by atoms with Gasteiger partial charge in [0.2, 0.25) is 12.7 Å². The predicted octanol–water partition coefficient (Wildman–Crippen LogP) is 4.22. The minimum absolute atomic E-state index is 0.121. The number of nitrogens with zero attached hydrogens (tertiary/aromatic N) is 2. The van der Waals surface area contributed by atoms with Crippen LogP contribution in [-0.4, -0.2) is 28.7 Å². The number of hydrogen-bond donors (Lipinski definition) is 1. The molecule has 2 heterocycles. The number of hydrogen-bond acceptors (Lipinski definition) is 6. The molecule has 0 radical (unpaired) electrons. The summed E-state index contributed by atoms with van der Waals surface area (Å²) in [7, 11) is 0. The van der Waals surface area contributed by atoms with Gasteiger partial charge in [-0.3, -0.25) is 4.79 Å². The molecule has 0 bridgehead atoms. The van der Waals surface area contributed by atoms with Gasteiger partial charge in [-0.25, -0.2) is 0 Å². The van der Waals surface area contributed by atoms with Gasteiger partial charge in [-0.2, -0.15) is 0 Å². The number of carbonyl (C=O) groups excluding carboxylic acids is 1. The molecule has 142 valence electrons. The molecule has 7 heteroatoms. The van der Waals surface area contributed by atoms with Crippen LogP contribution in [0, 0.1) is 13.8 Å². The van der Waals surface area contributed by atoms with Crippen molar-refractivity contribution in [1.29, 1.82) is 0 Å². The largest absolute Gasteiger partial charge is 0.454 e. The van der Waals surface area contributed by atoms with E-state index < -0.39 is 0 Å². The van der Waals surface area contributed by atoms with Gasteiger partial charge >= 0.3 is 0 Å². The lowest BCUT2D eigenvalue weighted by atomic mass is 10.0. The van der Waals surface area contributed by atoms with Gasteiger partial charge in [-0.15, -0.1) is 10.2 Å². The van der Waals surface area contributed by atoms with Crippen LogP contribution in [-0.2, 0) is 4.79 Å². The molecule has 0 saturated heterocycles. The molecule has 0 unspecified atom stereocenters. The number of anilines is 1. The Kier molecular flexibility index (Phi) is 5.16. The van der Waals surface area contributed by atoms with E-state index in [2.05, 4.69) is 47.6 Å². The van der Waals surface area contributed by atoms with Crippen molar-refractivity contribution in [2.45, 2.75) is 18.9 Å². The van der Waals surface area contributed by atoms with Gasteiger partial charge < -0.3 is 14.8 Å². The van der Waals surface area contributed by atoms with Gasteiger partial charge in [0.1, 0.15) is 5.03 Å². The van der Waals surface area contributed by atoms with Crippen LogP contribution in [0.3, 0.4) is 0 Å². The SMILES string of the molecule is Cc1ccc(C)c(-c2ccc(SCC(=O)Nc3ccc4c(c3)OCO4)nn2)c1. The van der Waals surface area contributed by atoms with Crippen LogP contribution in [0.25, 0.3) is 11.3 Å². The Labute approximate surface area is 167 Å². The summed E-state index contributed by atoms with van der Waals surface area (Å²) in [5.74, 6) is 1.44. The minimum atomic E-state index is -0.121. The third-order valence-corrected chi connectivity index (χ3v) is 5.24. The van der Waals surface area contributed by atoms with Crippen molar-refractivity contribution >= 4 is 23.4 Å². The van der Waals surface area contributed by atoms with Crippen molar-refractivity contribution in [3.8, 4) is 22.8 Å². The number of benzene rings is 2. The summed E-state index contributed by atoms with van der Waals surface area (Å²) in [6, 6.07) is 15.4. The molecule has 0 aliphatic carbocycles. The third-order valence-electron chi connectivity index (χ3n) is 4.32. The lowest BCUT2D eigenvalue weighted by Crippen LogP contribution is -2.14. The van der Waals surface area contributed by atoms with Crippen molar-refractivity contribution in [2.75, 3.05) is 17.9 Å². The first-order valence-electron chi connectivity index (χ1n) is 8.82. The molecule has 1 aliphatic rings. The van der Waals surface area contributed by atoms with E-state index in [-0.39, 0.29) is 18.5 Å². The molecule has 28 heavy (non-hydrogen) atoms. The van der Waals surface area contributed by atoms with Crippen molar-refractivity contribution in [3.05, 3.63) is 59.7 Å². The highest BCUT2D eigenvalue weighted by Crippen LogP contribution is 2.34. The molecule has 0 fully saturated rings. The molecule has 1 amide bonds. The van der Waals surface area contributed by atoms with Crippen LogP contribution in [0.2, 0.25) is 0 Å². The molecular weight excluding hydrogens is 374 g/mol. The Morgan fingerprint density at radius 1 is 1.04 bits per heavy atom. The number of aryl methyl sites for hydroxylation is 2. The zero-order chi connectivity index (χ0) is 19.5. The molecule has 0 atom stereocenters. The first-order chi connectivity index (χ1) is 13.6. The number of aromatic nitrogens is 2. The fourth-order valence-corrected chi connectivity index (χ4v) is 3.48. The maximum Gasteiger partial charge on any atom is 0.234 e.